The normalized spacial score (nSPS) is 10.7. The molecule has 0 aliphatic rings. The molecule has 0 aliphatic carbocycles. The van der Waals surface area contributed by atoms with Crippen molar-refractivity contribution in [3.05, 3.63) is 53.4 Å². The van der Waals surface area contributed by atoms with E-state index < -0.39 is 0 Å². The summed E-state index contributed by atoms with van der Waals surface area (Å²) in [5.41, 5.74) is 0.878. The lowest BCUT2D eigenvalue weighted by Gasteiger charge is -2.20. The molecule has 1 aromatic heterocycles. The molecule has 0 unspecified atom stereocenters. The lowest BCUT2D eigenvalue weighted by molar-refractivity contribution is 0.415. The van der Waals surface area contributed by atoms with Crippen molar-refractivity contribution in [1.82, 2.24) is 10.2 Å². The zero-order valence-electron chi connectivity index (χ0n) is 12.0. The van der Waals surface area contributed by atoms with Gasteiger partial charge in [0.2, 0.25) is 0 Å². The van der Waals surface area contributed by atoms with Gasteiger partial charge in [-0.15, -0.1) is 10.2 Å². The molecular formula is C16H13ClFN3O. The quantitative estimate of drug-likeness (QED) is 0.725. The van der Waals surface area contributed by atoms with Crippen molar-refractivity contribution in [2.24, 2.45) is 0 Å². The number of rotatable bonds is 3. The smallest absolute Gasteiger partial charge is 0.163 e. The summed E-state index contributed by atoms with van der Waals surface area (Å²) in [7, 11) is 3.45. The summed E-state index contributed by atoms with van der Waals surface area (Å²) in [6, 6.07) is 11.8. The Bertz CT molecular complexity index is 823. The molecule has 3 rings (SSSR count). The van der Waals surface area contributed by atoms with Crippen LogP contribution >= 0.6 is 11.6 Å². The van der Waals surface area contributed by atoms with Crippen LogP contribution in [0.3, 0.4) is 0 Å². The molecule has 0 aliphatic heterocycles. The highest BCUT2D eigenvalue weighted by atomic mass is 35.5. The van der Waals surface area contributed by atoms with E-state index >= 15 is 0 Å². The highest BCUT2D eigenvalue weighted by molar-refractivity contribution is 6.34. The predicted octanol–water partition coefficient (Wildman–Crippen LogP) is 4.20. The third-order valence-electron chi connectivity index (χ3n) is 3.45. The molecule has 0 saturated heterocycles. The van der Waals surface area contributed by atoms with E-state index in [2.05, 4.69) is 10.2 Å². The molecule has 0 fully saturated rings. The maximum absolute atomic E-state index is 13.6. The maximum Gasteiger partial charge on any atom is 0.163 e. The summed E-state index contributed by atoms with van der Waals surface area (Å²) in [6.45, 7) is 0. The molecule has 112 valence electrons. The fourth-order valence-electron chi connectivity index (χ4n) is 2.26. The minimum Gasteiger partial charge on any atom is -0.497 e. The van der Waals surface area contributed by atoms with Gasteiger partial charge in [0, 0.05) is 23.5 Å². The molecule has 2 aromatic carbocycles. The van der Waals surface area contributed by atoms with Gasteiger partial charge in [0.1, 0.15) is 11.6 Å². The van der Waals surface area contributed by atoms with Gasteiger partial charge in [-0.05, 0) is 42.5 Å². The summed E-state index contributed by atoms with van der Waals surface area (Å²) in [4.78, 5) is 1.82. The fourth-order valence-corrected chi connectivity index (χ4v) is 2.46. The summed E-state index contributed by atoms with van der Waals surface area (Å²) in [5, 5.41) is 9.58. The Morgan fingerprint density at radius 1 is 1.05 bits per heavy atom. The summed E-state index contributed by atoms with van der Waals surface area (Å²) < 4.78 is 18.7. The minimum atomic E-state index is -0.346. The van der Waals surface area contributed by atoms with Crippen LogP contribution in [0, 0.1) is 5.82 Å². The molecule has 0 amide bonds. The first-order chi connectivity index (χ1) is 10.6. The second kappa shape index (κ2) is 5.77. The molecule has 3 aromatic rings. The third-order valence-corrected chi connectivity index (χ3v) is 3.73. The Balaban J connectivity index is 2.12. The number of fused-ring (bicyclic) bond motifs is 1. The zero-order valence-corrected chi connectivity index (χ0v) is 12.8. The predicted molar refractivity (Wildman–Crippen MR) is 85.6 cm³/mol. The fraction of sp³-hybridized carbons (Fsp3) is 0.125. The van der Waals surface area contributed by atoms with Crippen LogP contribution in [-0.2, 0) is 0 Å². The van der Waals surface area contributed by atoms with Crippen molar-refractivity contribution in [2.75, 3.05) is 19.1 Å². The van der Waals surface area contributed by atoms with E-state index in [0.29, 0.717) is 16.6 Å². The first-order valence-electron chi connectivity index (χ1n) is 6.59. The number of nitrogens with zero attached hydrogens (tertiary/aromatic N) is 3. The number of hydrogen-bond donors (Lipinski definition) is 0. The van der Waals surface area contributed by atoms with Crippen LogP contribution in [0.15, 0.2) is 42.5 Å². The molecule has 0 saturated carbocycles. The van der Waals surface area contributed by atoms with Crippen molar-refractivity contribution in [3.8, 4) is 5.75 Å². The lowest BCUT2D eigenvalue weighted by atomic mass is 10.1. The second-order valence-electron chi connectivity index (χ2n) is 4.76. The number of methoxy groups -OCH3 is 1. The summed E-state index contributed by atoms with van der Waals surface area (Å²) in [6.07, 6.45) is 0. The van der Waals surface area contributed by atoms with E-state index in [-0.39, 0.29) is 11.0 Å². The van der Waals surface area contributed by atoms with E-state index in [1.807, 2.05) is 36.2 Å². The molecule has 0 bridgehead atoms. The summed E-state index contributed by atoms with van der Waals surface area (Å²) >= 11 is 6.04. The first kappa shape index (κ1) is 14.5. The Hall–Kier alpha value is -2.40. The van der Waals surface area contributed by atoms with Crippen molar-refractivity contribution in [1.29, 1.82) is 0 Å². The van der Waals surface area contributed by atoms with Gasteiger partial charge in [-0.2, -0.15) is 0 Å². The highest BCUT2D eigenvalue weighted by Gasteiger charge is 2.14. The van der Waals surface area contributed by atoms with Crippen LogP contribution in [0.1, 0.15) is 0 Å². The van der Waals surface area contributed by atoms with Crippen molar-refractivity contribution < 1.29 is 9.13 Å². The number of ether oxygens (including phenoxy) is 1. The van der Waals surface area contributed by atoms with Crippen LogP contribution in [-0.4, -0.2) is 24.4 Å². The minimum absolute atomic E-state index is 0.252. The Kier molecular flexibility index (Phi) is 3.81. The molecule has 0 radical (unpaired) electrons. The molecule has 0 spiro atoms. The summed E-state index contributed by atoms with van der Waals surface area (Å²) in [5.74, 6) is 0.945. The van der Waals surface area contributed by atoms with Gasteiger partial charge in [-0.1, -0.05) is 11.6 Å². The van der Waals surface area contributed by atoms with Crippen LogP contribution in [0.2, 0.25) is 5.15 Å². The zero-order chi connectivity index (χ0) is 15.7. The van der Waals surface area contributed by atoms with E-state index in [9.17, 15) is 4.39 Å². The second-order valence-corrected chi connectivity index (χ2v) is 5.12. The molecule has 0 atom stereocenters. The number of halogens is 2. The van der Waals surface area contributed by atoms with E-state index in [1.54, 1.807) is 13.2 Å². The van der Waals surface area contributed by atoms with Crippen LogP contribution in [0.4, 0.5) is 15.9 Å². The van der Waals surface area contributed by atoms with Gasteiger partial charge in [0.15, 0.2) is 11.0 Å². The maximum atomic E-state index is 13.6. The molecule has 6 heteroatoms. The van der Waals surface area contributed by atoms with E-state index in [0.717, 1.165) is 11.4 Å². The van der Waals surface area contributed by atoms with Gasteiger partial charge in [-0.3, -0.25) is 0 Å². The molecular weight excluding hydrogens is 305 g/mol. The monoisotopic (exact) mass is 317 g/mol. The lowest BCUT2D eigenvalue weighted by Crippen LogP contribution is -2.12. The van der Waals surface area contributed by atoms with E-state index in [4.69, 9.17) is 16.3 Å². The molecule has 0 N–H and O–H groups in total. The molecule has 1 heterocycles. The Labute approximate surface area is 132 Å². The van der Waals surface area contributed by atoms with Gasteiger partial charge >= 0.3 is 0 Å². The van der Waals surface area contributed by atoms with Crippen LogP contribution in [0.5, 0.6) is 5.75 Å². The van der Waals surface area contributed by atoms with Crippen LogP contribution < -0.4 is 9.64 Å². The average Bonchev–Trinajstić information content (AvgIpc) is 2.54. The number of anilines is 2. The van der Waals surface area contributed by atoms with Gasteiger partial charge in [0.05, 0.1) is 7.11 Å². The van der Waals surface area contributed by atoms with Crippen molar-refractivity contribution >= 4 is 33.9 Å². The highest BCUT2D eigenvalue weighted by Crippen LogP contribution is 2.32. The number of benzene rings is 2. The van der Waals surface area contributed by atoms with Gasteiger partial charge < -0.3 is 9.64 Å². The largest absolute Gasteiger partial charge is 0.497 e. The topological polar surface area (TPSA) is 38.2 Å². The van der Waals surface area contributed by atoms with Crippen LogP contribution in [0.25, 0.3) is 10.8 Å². The molecule has 22 heavy (non-hydrogen) atoms. The number of aromatic nitrogens is 2. The third kappa shape index (κ3) is 2.55. The van der Waals surface area contributed by atoms with Crippen molar-refractivity contribution in [2.45, 2.75) is 0 Å². The Morgan fingerprint density at radius 2 is 1.77 bits per heavy atom. The SMILES string of the molecule is COc1ccc(N(C)c2nnc(Cl)c3ccc(F)cc23)cc1. The van der Waals surface area contributed by atoms with Crippen molar-refractivity contribution in [3.63, 3.8) is 0 Å². The number of hydrogen-bond acceptors (Lipinski definition) is 4. The molecule has 4 nitrogen and oxygen atoms in total. The van der Waals surface area contributed by atoms with E-state index in [1.165, 1.54) is 12.1 Å². The van der Waals surface area contributed by atoms with Gasteiger partial charge in [0.25, 0.3) is 0 Å². The first-order valence-corrected chi connectivity index (χ1v) is 6.97. The Morgan fingerprint density at radius 3 is 2.45 bits per heavy atom. The average molecular weight is 318 g/mol. The van der Waals surface area contributed by atoms with Gasteiger partial charge in [-0.25, -0.2) is 4.39 Å². The standard InChI is InChI=1S/C16H13ClFN3O/c1-21(11-4-6-12(22-2)7-5-11)16-14-9-10(18)3-8-13(14)15(17)19-20-16/h3-9H,1-2H3.